The van der Waals surface area contributed by atoms with E-state index in [2.05, 4.69) is 6.92 Å². The summed E-state index contributed by atoms with van der Waals surface area (Å²) < 4.78 is 10.5. The van der Waals surface area contributed by atoms with Crippen LogP contribution in [0.2, 0.25) is 0 Å². The van der Waals surface area contributed by atoms with Gasteiger partial charge in [0.25, 0.3) is 11.7 Å². The quantitative estimate of drug-likeness (QED) is 0.115. The van der Waals surface area contributed by atoms with E-state index in [0.717, 1.165) is 24.9 Å². The van der Waals surface area contributed by atoms with Gasteiger partial charge in [0.05, 0.1) is 30.9 Å². The number of methoxy groups -OCH3 is 1. The largest absolute Gasteiger partial charge is 0.507 e. The highest BCUT2D eigenvalue weighted by Gasteiger charge is 2.47. The van der Waals surface area contributed by atoms with Crippen LogP contribution in [0.4, 0.5) is 11.4 Å². The summed E-state index contributed by atoms with van der Waals surface area (Å²) in [5.41, 5.74) is 2.70. The minimum atomic E-state index is -0.884. The number of ketones is 1. The first kappa shape index (κ1) is 28.4. The summed E-state index contributed by atoms with van der Waals surface area (Å²) in [6.07, 6.45) is 3.14. The fourth-order valence-corrected chi connectivity index (χ4v) is 4.65. The van der Waals surface area contributed by atoms with Crippen LogP contribution >= 0.6 is 0 Å². The van der Waals surface area contributed by atoms with Crippen molar-refractivity contribution in [1.82, 2.24) is 0 Å². The van der Waals surface area contributed by atoms with Crippen molar-refractivity contribution in [3.8, 4) is 5.75 Å². The first-order chi connectivity index (χ1) is 19.3. The van der Waals surface area contributed by atoms with Crippen molar-refractivity contribution in [2.75, 3.05) is 37.6 Å². The zero-order chi connectivity index (χ0) is 28.8. The summed E-state index contributed by atoms with van der Waals surface area (Å²) in [6, 6.07) is 19.6. The first-order valence-electron chi connectivity index (χ1n) is 13.3. The van der Waals surface area contributed by atoms with Gasteiger partial charge in [0.15, 0.2) is 0 Å². The molecule has 1 heterocycles. The van der Waals surface area contributed by atoms with Gasteiger partial charge in [-0.25, -0.2) is 4.79 Å². The number of hydrogen-bond acceptors (Lipinski definition) is 7. The molecule has 1 saturated heterocycles. The summed E-state index contributed by atoms with van der Waals surface area (Å²) in [5, 5.41) is 11.4. The molecule has 8 heteroatoms. The summed E-state index contributed by atoms with van der Waals surface area (Å²) in [5.74, 6) is -1.69. The maximum atomic E-state index is 13.4. The van der Waals surface area contributed by atoms with E-state index in [0.29, 0.717) is 34.7 Å². The van der Waals surface area contributed by atoms with E-state index < -0.39 is 23.7 Å². The van der Waals surface area contributed by atoms with E-state index in [9.17, 15) is 19.5 Å². The summed E-state index contributed by atoms with van der Waals surface area (Å²) in [4.78, 5) is 42.1. The number of aliphatic hydroxyl groups excluding tert-OH is 1. The highest BCUT2D eigenvalue weighted by molar-refractivity contribution is 6.51. The Balaban J connectivity index is 1.76. The molecule has 4 rings (SSSR count). The SMILES string of the molecule is CCCCCOc1ccc(/C(O)=C2\C(=O)C(=O)N(c3ccc(C(=O)OC)cc3)C2c2ccc(N(C)C)cc2)cc1. The fraction of sp³-hybridized carbons (Fsp3) is 0.281. The van der Waals surface area contributed by atoms with Crippen molar-refractivity contribution < 1.29 is 29.0 Å². The average Bonchev–Trinajstić information content (AvgIpc) is 3.24. The molecule has 1 atom stereocenters. The van der Waals surface area contributed by atoms with E-state index in [1.807, 2.05) is 43.3 Å². The number of esters is 1. The van der Waals surface area contributed by atoms with E-state index in [4.69, 9.17) is 9.47 Å². The molecule has 0 aromatic heterocycles. The standard InChI is InChI=1S/C32H34N2O6/c1-5-6-7-20-40-26-18-12-22(13-19-26)29(35)27-28(21-8-14-24(15-9-21)33(2)3)34(31(37)30(27)36)25-16-10-23(11-17-25)32(38)39-4/h8-19,28,35H,5-7,20H2,1-4H3/b29-27+. The molecule has 0 spiro atoms. The lowest BCUT2D eigenvalue weighted by Gasteiger charge is -2.26. The van der Waals surface area contributed by atoms with Gasteiger partial charge >= 0.3 is 5.97 Å². The third-order valence-corrected chi connectivity index (χ3v) is 6.88. The van der Waals surface area contributed by atoms with Crippen LogP contribution in [-0.4, -0.2) is 50.6 Å². The molecule has 40 heavy (non-hydrogen) atoms. The second-order valence-corrected chi connectivity index (χ2v) is 9.77. The molecule has 1 amide bonds. The van der Waals surface area contributed by atoms with Crippen molar-refractivity contribution in [2.45, 2.75) is 32.2 Å². The summed E-state index contributed by atoms with van der Waals surface area (Å²) in [7, 11) is 5.12. The zero-order valence-electron chi connectivity index (χ0n) is 23.2. The Morgan fingerprint density at radius 1 is 0.900 bits per heavy atom. The third kappa shape index (κ3) is 5.86. The van der Waals surface area contributed by atoms with Gasteiger partial charge in [0, 0.05) is 31.0 Å². The second-order valence-electron chi connectivity index (χ2n) is 9.77. The molecular weight excluding hydrogens is 508 g/mol. The summed E-state index contributed by atoms with van der Waals surface area (Å²) >= 11 is 0. The van der Waals surface area contributed by atoms with E-state index in [1.54, 1.807) is 36.4 Å². The van der Waals surface area contributed by atoms with E-state index in [-0.39, 0.29) is 11.3 Å². The van der Waals surface area contributed by atoms with E-state index in [1.165, 1.54) is 24.1 Å². The number of aliphatic hydroxyl groups is 1. The molecule has 208 valence electrons. The van der Waals surface area contributed by atoms with Gasteiger partial charge in [-0.3, -0.25) is 14.5 Å². The minimum absolute atomic E-state index is 0.0174. The fourth-order valence-electron chi connectivity index (χ4n) is 4.65. The van der Waals surface area contributed by atoms with Crippen molar-refractivity contribution >= 4 is 34.8 Å². The van der Waals surface area contributed by atoms with Crippen LogP contribution in [0.25, 0.3) is 5.76 Å². The molecule has 1 aliphatic rings. The lowest BCUT2D eigenvalue weighted by atomic mass is 9.95. The predicted octanol–water partition coefficient (Wildman–Crippen LogP) is 5.73. The van der Waals surface area contributed by atoms with Crippen molar-refractivity contribution in [3.05, 3.63) is 95.1 Å². The maximum absolute atomic E-state index is 13.4. The van der Waals surface area contributed by atoms with Gasteiger partial charge in [-0.15, -0.1) is 0 Å². The normalized spacial score (nSPS) is 16.2. The van der Waals surface area contributed by atoms with Gasteiger partial charge < -0.3 is 19.5 Å². The predicted molar refractivity (Wildman–Crippen MR) is 155 cm³/mol. The molecule has 0 radical (unpaired) electrons. The smallest absolute Gasteiger partial charge is 0.337 e. The molecule has 3 aromatic carbocycles. The highest BCUT2D eigenvalue weighted by atomic mass is 16.5. The number of hydrogen-bond donors (Lipinski definition) is 1. The second kappa shape index (κ2) is 12.5. The molecular formula is C32H34N2O6. The number of unbranched alkanes of at least 4 members (excludes halogenated alkanes) is 2. The molecule has 8 nitrogen and oxygen atoms in total. The van der Waals surface area contributed by atoms with Gasteiger partial charge in [-0.2, -0.15) is 0 Å². The maximum Gasteiger partial charge on any atom is 0.337 e. The van der Waals surface area contributed by atoms with Crippen molar-refractivity contribution in [2.24, 2.45) is 0 Å². The Morgan fingerprint density at radius 3 is 2.10 bits per heavy atom. The first-order valence-corrected chi connectivity index (χ1v) is 13.3. The Hall–Kier alpha value is -4.59. The Labute approximate surface area is 234 Å². The molecule has 0 saturated carbocycles. The number of carbonyl (C=O) groups excluding carboxylic acids is 3. The molecule has 1 unspecified atom stereocenters. The highest BCUT2D eigenvalue weighted by Crippen LogP contribution is 2.42. The summed E-state index contributed by atoms with van der Waals surface area (Å²) in [6.45, 7) is 2.73. The van der Waals surface area contributed by atoms with Gasteiger partial charge in [0.1, 0.15) is 11.5 Å². The monoisotopic (exact) mass is 542 g/mol. The van der Waals surface area contributed by atoms with Crippen molar-refractivity contribution in [1.29, 1.82) is 0 Å². The van der Waals surface area contributed by atoms with Gasteiger partial charge in [0.2, 0.25) is 0 Å². The Morgan fingerprint density at radius 2 is 1.52 bits per heavy atom. The van der Waals surface area contributed by atoms with Crippen LogP contribution in [0.3, 0.4) is 0 Å². The van der Waals surface area contributed by atoms with Crippen molar-refractivity contribution in [3.63, 3.8) is 0 Å². The number of carbonyl (C=O) groups is 3. The molecule has 1 aliphatic heterocycles. The third-order valence-electron chi connectivity index (χ3n) is 6.88. The number of amides is 1. The number of ether oxygens (including phenoxy) is 2. The van der Waals surface area contributed by atoms with E-state index >= 15 is 0 Å². The minimum Gasteiger partial charge on any atom is -0.507 e. The van der Waals surface area contributed by atoms with Crippen LogP contribution in [0.15, 0.2) is 78.4 Å². The van der Waals surface area contributed by atoms with Gasteiger partial charge in [-0.1, -0.05) is 31.9 Å². The molecule has 1 N–H and O–H groups in total. The Kier molecular flexibility index (Phi) is 8.89. The van der Waals surface area contributed by atoms with Crippen LogP contribution in [0, 0.1) is 0 Å². The number of rotatable bonds is 10. The number of Topliss-reactive ketones (excluding diaryl/α,β-unsaturated/α-hetero) is 1. The molecule has 3 aromatic rings. The van der Waals surface area contributed by atoms with Crippen LogP contribution in [-0.2, 0) is 14.3 Å². The average molecular weight is 543 g/mol. The van der Waals surface area contributed by atoms with Crippen LogP contribution < -0.4 is 14.5 Å². The number of anilines is 2. The molecule has 1 fully saturated rings. The Bertz CT molecular complexity index is 1390. The topological polar surface area (TPSA) is 96.4 Å². The van der Waals surface area contributed by atoms with Crippen LogP contribution in [0.5, 0.6) is 5.75 Å². The number of nitrogens with zero attached hydrogens (tertiary/aromatic N) is 2. The van der Waals surface area contributed by atoms with Gasteiger partial charge in [-0.05, 0) is 72.6 Å². The molecule has 0 aliphatic carbocycles. The lowest BCUT2D eigenvalue weighted by molar-refractivity contribution is -0.132. The molecule has 0 bridgehead atoms. The lowest BCUT2D eigenvalue weighted by Crippen LogP contribution is -2.29. The zero-order valence-corrected chi connectivity index (χ0v) is 23.2. The van der Waals surface area contributed by atoms with Crippen LogP contribution in [0.1, 0.15) is 53.7 Å². The number of benzene rings is 3.